The van der Waals surface area contributed by atoms with Gasteiger partial charge in [-0.05, 0) is 25.8 Å². The fraction of sp³-hybridized carbons (Fsp3) is 0.917. The number of carbonyl (C=O) groups excluding carboxylic acids is 1. The highest BCUT2D eigenvalue weighted by Crippen LogP contribution is 2.19. The fourth-order valence-corrected chi connectivity index (χ4v) is 2.73. The molecule has 5 heteroatoms. The van der Waals surface area contributed by atoms with E-state index in [2.05, 4.69) is 15.5 Å². The summed E-state index contributed by atoms with van der Waals surface area (Å²) in [6.45, 7) is 6.10. The molecule has 2 saturated heterocycles. The summed E-state index contributed by atoms with van der Waals surface area (Å²) in [6.07, 6.45) is 3.59. The van der Waals surface area contributed by atoms with Crippen LogP contribution in [0.5, 0.6) is 0 Å². The average Bonchev–Trinajstić information content (AvgIpc) is 3.00. The van der Waals surface area contributed by atoms with E-state index in [1.165, 1.54) is 19.3 Å². The van der Waals surface area contributed by atoms with Gasteiger partial charge in [-0.1, -0.05) is 0 Å². The highest BCUT2D eigenvalue weighted by atomic mass is 16.2. The molecule has 2 amide bonds. The van der Waals surface area contributed by atoms with E-state index in [1.807, 2.05) is 4.90 Å². The lowest BCUT2D eigenvalue weighted by Gasteiger charge is -2.37. The van der Waals surface area contributed by atoms with Gasteiger partial charge in [-0.15, -0.1) is 0 Å². The summed E-state index contributed by atoms with van der Waals surface area (Å²) in [5.74, 6) is 0. The SMILES string of the molecule is O=C(NC1CC1)N1CCN(C2CCNC2)CC1. The Kier molecular flexibility index (Phi) is 3.20. The smallest absolute Gasteiger partial charge is 0.317 e. The van der Waals surface area contributed by atoms with Gasteiger partial charge in [0.1, 0.15) is 0 Å². The van der Waals surface area contributed by atoms with Gasteiger partial charge in [0.2, 0.25) is 0 Å². The van der Waals surface area contributed by atoms with E-state index >= 15 is 0 Å². The van der Waals surface area contributed by atoms with Crippen LogP contribution < -0.4 is 10.6 Å². The lowest BCUT2D eigenvalue weighted by Crippen LogP contribution is -2.54. The molecule has 17 heavy (non-hydrogen) atoms. The summed E-state index contributed by atoms with van der Waals surface area (Å²) in [5.41, 5.74) is 0. The minimum Gasteiger partial charge on any atom is -0.335 e. The lowest BCUT2D eigenvalue weighted by molar-refractivity contribution is 0.114. The predicted molar refractivity (Wildman–Crippen MR) is 66.0 cm³/mol. The molecule has 1 aliphatic carbocycles. The van der Waals surface area contributed by atoms with Gasteiger partial charge < -0.3 is 15.5 Å². The van der Waals surface area contributed by atoms with Crippen LogP contribution in [-0.4, -0.2) is 67.2 Å². The van der Waals surface area contributed by atoms with Crippen LogP contribution in [-0.2, 0) is 0 Å². The molecule has 2 heterocycles. The zero-order valence-corrected chi connectivity index (χ0v) is 10.3. The Bertz CT molecular complexity index is 278. The maximum atomic E-state index is 11.9. The number of piperazine rings is 1. The fourth-order valence-electron chi connectivity index (χ4n) is 2.73. The van der Waals surface area contributed by atoms with E-state index in [-0.39, 0.29) is 6.03 Å². The molecule has 0 spiro atoms. The molecule has 2 aliphatic heterocycles. The van der Waals surface area contributed by atoms with Crippen LogP contribution in [0.25, 0.3) is 0 Å². The number of hydrogen-bond acceptors (Lipinski definition) is 3. The molecular formula is C12H22N4O. The van der Waals surface area contributed by atoms with Crippen molar-refractivity contribution >= 4 is 6.03 Å². The molecule has 1 atom stereocenters. The van der Waals surface area contributed by atoms with Crippen molar-refractivity contribution in [1.29, 1.82) is 0 Å². The van der Waals surface area contributed by atoms with E-state index in [4.69, 9.17) is 0 Å². The zero-order valence-electron chi connectivity index (χ0n) is 10.3. The molecule has 0 aromatic heterocycles. The third kappa shape index (κ3) is 2.72. The second kappa shape index (κ2) is 4.82. The summed E-state index contributed by atoms with van der Waals surface area (Å²) in [4.78, 5) is 16.4. The first-order chi connectivity index (χ1) is 8.33. The first-order valence-electron chi connectivity index (χ1n) is 6.83. The third-order valence-corrected chi connectivity index (χ3v) is 4.06. The van der Waals surface area contributed by atoms with Crippen molar-refractivity contribution in [2.75, 3.05) is 39.3 Å². The lowest BCUT2D eigenvalue weighted by atomic mass is 10.2. The highest BCUT2D eigenvalue weighted by Gasteiger charge is 2.30. The monoisotopic (exact) mass is 238 g/mol. The quantitative estimate of drug-likeness (QED) is 0.703. The van der Waals surface area contributed by atoms with Crippen molar-refractivity contribution in [2.24, 2.45) is 0 Å². The summed E-state index contributed by atoms with van der Waals surface area (Å²) < 4.78 is 0. The molecule has 1 saturated carbocycles. The molecule has 3 aliphatic rings. The Morgan fingerprint density at radius 2 is 1.88 bits per heavy atom. The summed E-state index contributed by atoms with van der Waals surface area (Å²) >= 11 is 0. The molecule has 5 nitrogen and oxygen atoms in total. The van der Waals surface area contributed by atoms with Crippen LogP contribution in [0, 0.1) is 0 Å². The largest absolute Gasteiger partial charge is 0.335 e. The molecule has 0 aromatic rings. The molecule has 2 N–H and O–H groups in total. The van der Waals surface area contributed by atoms with Crippen molar-refractivity contribution in [1.82, 2.24) is 20.4 Å². The van der Waals surface area contributed by atoms with Crippen molar-refractivity contribution in [3.63, 3.8) is 0 Å². The topological polar surface area (TPSA) is 47.6 Å². The van der Waals surface area contributed by atoms with Crippen LogP contribution in [0.1, 0.15) is 19.3 Å². The Morgan fingerprint density at radius 3 is 2.47 bits per heavy atom. The van der Waals surface area contributed by atoms with Crippen molar-refractivity contribution < 1.29 is 4.79 Å². The minimum absolute atomic E-state index is 0.150. The van der Waals surface area contributed by atoms with Crippen LogP contribution in [0.3, 0.4) is 0 Å². The number of nitrogens with zero attached hydrogens (tertiary/aromatic N) is 2. The molecule has 0 radical (unpaired) electrons. The maximum absolute atomic E-state index is 11.9. The molecule has 0 aromatic carbocycles. The molecule has 96 valence electrons. The molecule has 0 bridgehead atoms. The second-order valence-corrected chi connectivity index (χ2v) is 5.39. The van der Waals surface area contributed by atoms with Crippen LogP contribution >= 0.6 is 0 Å². The predicted octanol–water partition coefficient (Wildman–Crippen LogP) is -0.162. The normalized spacial score (nSPS) is 30.6. The highest BCUT2D eigenvalue weighted by molar-refractivity contribution is 5.75. The van der Waals surface area contributed by atoms with Gasteiger partial charge in [-0.3, -0.25) is 4.90 Å². The van der Waals surface area contributed by atoms with Gasteiger partial charge in [0.05, 0.1) is 0 Å². The number of urea groups is 1. The van der Waals surface area contributed by atoms with Crippen molar-refractivity contribution in [3.8, 4) is 0 Å². The number of nitrogens with one attached hydrogen (secondary N) is 2. The zero-order chi connectivity index (χ0) is 11.7. The average molecular weight is 238 g/mol. The van der Waals surface area contributed by atoms with Gasteiger partial charge in [-0.25, -0.2) is 4.79 Å². The standard InChI is InChI=1S/C12H22N4O/c17-12(14-10-1-2-10)16-7-5-15(6-8-16)11-3-4-13-9-11/h10-11,13H,1-9H2,(H,14,17). The first-order valence-corrected chi connectivity index (χ1v) is 6.83. The van der Waals surface area contributed by atoms with E-state index in [0.717, 1.165) is 39.3 Å². The third-order valence-electron chi connectivity index (χ3n) is 4.06. The molecule has 3 rings (SSSR count). The Labute approximate surface area is 103 Å². The molecule has 1 unspecified atom stereocenters. The van der Waals surface area contributed by atoms with E-state index in [0.29, 0.717) is 12.1 Å². The number of amides is 2. The summed E-state index contributed by atoms with van der Waals surface area (Å²) in [6, 6.07) is 1.32. The Balaban J connectivity index is 1.44. The number of hydrogen-bond donors (Lipinski definition) is 2. The van der Waals surface area contributed by atoms with Gasteiger partial charge >= 0.3 is 6.03 Å². The Morgan fingerprint density at radius 1 is 1.12 bits per heavy atom. The van der Waals surface area contributed by atoms with Crippen molar-refractivity contribution in [2.45, 2.75) is 31.3 Å². The van der Waals surface area contributed by atoms with Crippen LogP contribution in [0.4, 0.5) is 4.79 Å². The summed E-state index contributed by atoms with van der Waals surface area (Å²) in [5, 5.41) is 6.47. The van der Waals surface area contributed by atoms with E-state index < -0.39 is 0 Å². The molecular weight excluding hydrogens is 216 g/mol. The van der Waals surface area contributed by atoms with E-state index in [1.54, 1.807) is 0 Å². The van der Waals surface area contributed by atoms with Gasteiger partial charge in [-0.2, -0.15) is 0 Å². The number of rotatable bonds is 2. The van der Waals surface area contributed by atoms with Crippen molar-refractivity contribution in [3.05, 3.63) is 0 Å². The van der Waals surface area contributed by atoms with Gasteiger partial charge in [0.25, 0.3) is 0 Å². The number of carbonyl (C=O) groups is 1. The van der Waals surface area contributed by atoms with Gasteiger partial charge in [0.15, 0.2) is 0 Å². The van der Waals surface area contributed by atoms with Gasteiger partial charge in [0, 0.05) is 44.8 Å². The second-order valence-electron chi connectivity index (χ2n) is 5.39. The molecule has 3 fully saturated rings. The minimum atomic E-state index is 0.150. The van der Waals surface area contributed by atoms with Crippen LogP contribution in [0.15, 0.2) is 0 Å². The maximum Gasteiger partial charge on any atom is 0.317 e. The van der Waals surface area contributed by atoms with Crippen LogP contribution in [0.2, 0.25) is 0 Å². The first kappa shape index (κ1) is 11.3. The van der Waals surface area contributed by atoms with E-state index in [9.17, 15) is 4.79 Å². The Hall–Kier alpha value is -0.810. The summed E-state index contributed by atoms with van der Waals surface area (Å²) in [7, 11) is 0.